The molecule has 4 nitrogen and oxygen atoms in total. The molecule has 90 valence electrons. The molecule has 0 atom stereocenters. The molecule has 0 radical (unpaired) electrons. The van der Waals surface area contributed by atoms with Crippen LogP contribution in [0.1, 0.15) is 43.1 Å². The smallest absolute Gasteiger partial charge is 0.155 e. The summed E-state index contributed by atoms with van der Waals surface area (Å²) < 4.78 is 1.90. The third-order valence-corrected chi connectivity index (χ3v) is 3.63. The van der Waals surface area contributed by atoms with Crippen LogP contribution in [-0.4, -0.2) is 25.8 Å². The van der Waals surface area contributed by atoms with Crippen LogP contribution in [0.5, 0.6) is 0 Å². The average Bonchev–Trinajstić information content (AvgIpc) is 2.75. The number of nitrogens with zero attached hydrogens (tertiary/aromatic N) is 3. The molecule has 1 aliphatic carbocycles. The number of pyridine rings is 1. The van der Waals surface area contributed by atoms with Gasteiger partial charge in [-0.3, -0.25) is 0 Å². The summed E-state index contributed by atoms with van der Waals surface area (Å²) in [5.41, 5.74) is 2.03. The highest BCUT2D eigenvalue weighted by atomic mass is 16.3. The van der Waals surface area contributed by atoms with Crippen molar-refractivity contribution in [2.24, 2.45) is 0 Å². The van der Waals surface area contributed by atoms with Gasteiger partial charge in [-0.25, -0.2) is 9.50 Å². The van der Waals surface area contributed by atoms with Gasteiger partial charge in [-0.05, 0) is 44.7 Å². The molecule has 3 rings (SSSR count). The van der Waals surface area contributed by atoms with Crippen molar-refractivity contribution in [2.45, 2.75) is 44.6 Å². The van der Waals surface area contributed by atoms with Crippen molar-refractivity contribution in [3.05, 3.63) is 29.7 Å². The predicted octanol–water partition coefficient (Wildman–Crippen LogP) is 2.06. The third kappa shape index (κ3) is 1.93. The molecule has 0 bridgehead atoms. The molecule has 0 saturated heterocycles. The van der Waals surface area contributed by atoms with Gasteiger partial charge in [0, 0.05) is 11.6 Å². The molecular weight excluding hydrogens is 214 g/mol. The van der Waals surface area contributed by atoms with E-state index in [-0.39, 0.29) is 6.10 Å². The standard InChI is InChI=1S/C13H17N3O/c1-9-3-2-4-12-14-13(15-16(9)12)10-5-7-11(17)8-6-10/h2-4,10-11,17H,5-8H2,1H3. The van der Waals surface area contributed by atoms with Gasteiger partial charge in [0.2, 0.25) is 0 Å². The van der Waals surface area contributed by atoms with Crippen molar-refractivity contribution in [3.63, 3.8) is 0 Å². The summed E-state index contributed by atoms with van der Waals surface area (Å²) in [7, 11) is 0. The van der Waals surface area contributed by atoms with Gasteiger partial charge in [-0.1, -0.05) is 6.07 Å². The second-order valence-electron chi connectivity index (χ2n) is 4.91. The molecule has 1 saturated carbocycles. The number of aromatic nitrogens is 3. The predicted molar refractivity (Wildman–Crippen MR) is 64.9 cm³/mol. The Morgan fingerprint density at radius 3 is 2.71 bits per heavy atom. The van der Waals surface area contributed by atoms with Crippen LogP contribution in [0.4, 0.5) is 0 Å². The SMILES string of the molecule is Cc1cccc2nc(C3CCC(O)CC3)nn12. The highest BCUT2D eigenvalue weighted by Gasteiger charge is 2.24. The number of aliphatic hydroxyl groups excluding tert-OH is 1. The van der Waals surface area contributed by atoms with Gasteiger partial charge in [0.15, 0.2) is 11.5 Å². The van der Waals surface area contributed by atoms with E-state index in [4.69, 9.17) is 0 Å². The first-order valence-corrected chi connectivity index (χ1v) is 6.24. The van der Waals surface area contributed by atoms with Crippen molar-refractivity contribution in [2.75, 3.05) is 0 Å². The molecule has 0 aliphatic heterocycles. The fourth-order valence-electron chi connectivity index (χ4n) is 2.56. The van der Waals surface area contributed by atoms with E-state index < -0.39 is 0 Å². The van der Waals surface area contributed by atoms with Crippen LogP contribution in [0, 0.1) is 6.92 Å². The van der Waals surface area contributed by atoms with E-state index in [1.54, 1.807) is 0 Å². The highest BCUT2D eigenvalue weighted by Crippen LogP contribution is 2.31. The van der Waals surface area contributed by atoms with Crippen molar-refractivity contribution in [3.8, 4) is 0 Å². The lowest BCUT2D eigenvalue weighted by atomic mass is 9.87. The molecule has 1 aliphatic rings. The Kier molecular flexibility index (Phi) is 2.59. The van der Waals surface area contributed by atoms with E-state index in [1.807, 2.05) is 29.6 Å². The minimum absolute atomic E-state index is 0.120. The summed E-state index contributed by atoms with van der Waals surface area (Å²) in [6, 6.07) is 6.03. The molecule has 2 aromatic rings. The number of rotatable bonds is 1. The van der Waals surface area contributed by atoms with Gasteiger partial charge in [0.1, 0.15) is 0 Å². The van der Waals surface area contributed by atoms with Crippen LogP contribution in [0.25, 0.3) is 5.65 Å². The first-order valence-electron chi connectivity index (χ1n) is 6.24. The monoisotopic (exact) mass is 231 g/mol. The van der Waals surface area contributed by atoms with E-state index in [2.05, 4.69) is 10.1 Å². The molecule has 0 aromatic carbocycles. The Labute approximate surface area is 100 Å². The Morgan fingerprint density at radius 1 is 1.24 bits per heavy atom. The summed E-state index contributed by atoms with van der Waals surface area (Å²) in [4.78, 5) is 4.59. The van der Waals surface area contributed by atoms with Crippen molar-refractivity contribution < 1.29 is 5.11 Å². The lowest BCUT2D eigenvalue weighted by Gasteiger charge is -2.22. The number of aryl methyl sites for hydroxylation is 1. The Bertz CT molecular complexity index is 526. The van der Waals surface area contributed by atoms with Gasteiger partial charge in [0.25, 0.3) is 0 Å². The summed E-state index contributed by atoms with van der Waals surface area (Å²) in [5, 5.41) is 14.1. The van der Waals surface area contributed by atoms with Crippen molar-refractivity contribution in [1.82, 2.24) is 14.6 Å². The molecule has 1 N–H and O–H groups in total. The first kappa shape index (κ1) is 10.7. The number of hydrogen-bond donors (Lipinski definition) is 1. The maximum absolute atomic E-state index is 9.51. The normalized spacial score (nSPS) is 25.3. The molecule has 4 heteroatoms. The van der Waals surface area contributed by atoms with E-state index in [9.17, 15) is 5.11 Å². The molecular formula is C13H17N3O. The Hall–Kier alpha value is -1.42. The Balaban J connectivity index is 1.93. The minimum Gasteiger partial charge on any atom is -0.393 e. The van der Waals surface area contributed by atoms with Crippen molar-refractivity contribution in [1.29, 1.82) is 0 Å². The van der Waals surface area contributed by atoms with Crippen LogP contribution in [0.2, 0.25) is 0 Å². The average molecular weight is 231 g/mol. The van der Waals surface area contributed by atoms with E-state index in [0.29, 0.717) is 5.92 Å². The van der Waals surface area contributed by atoms with Gasteiger partial charge >= 0.3 is 0 Å². The van der Waals surface area contributed by atoms with Crippen LogP contribution < -0.4 is 0 Å². The fourth-order valence-corrected chi connectivity index (χ4v) is 2.56. The largest absolute Gasteiger partial charge is 0.393 e. The van der Waals surface area contributed by atoms with Crippen molar-refractivity contribution >= 4 is 5.65 Å². The van der Waals surface area contributed by atoms with E-state index in [0.717, 1.165) is 42.8 Å². The summed E-state index contributed by atoms with van der Waals surface area (Å²) in [5.74, 6) is 1.35. The van der Waals surface area contributed by atoms with Crippen LogP contribution in [-0.2, 0) is 0 Å². The zero-order valence-electron chi connectivity index (χ0n) is 10.0. The molecule has 17 heavy (non-hydrogen) atoms. The Morgan fingerprint density at radius 2 is 2.00 bits per heavy atom. The summed E-state index contributed by atoms with van der Waals surface area (Å²) in [6.45, 7) is 2.04. The minimum atomic E-state index is -0.120. The first-order chi connectivity index (χ1) is 8.24. The zero-order valence-corrected chi connectivity index (χ0v) is 10.0. The summed E-state index contributed by atoms with van der Waals surface area (Å²) >= 11 is 0. The van der Waals surface area contributed by atoms with Crippen LogP contribution in [0.15, 0.2) is 18.2 Å². The second kappa shape index (κ2) is 4.11. The molecule has 2 heterocycles. The van der Waals surface area contributed by atoms with Gasteiger partial charge < -0.3 is 5.11 Å². The fraction of sp³-hybridized carbons (Fsp3) is 0.538. The zero-order chi connectivity index (χ0) is 11.8. The third-order valence-electron chi connectivity index (χ3n) is 3.63. The lowest BCUT2D eigenvalue weighted by molar-refractivity contribution is 0.121. The van der Waals surface area contributed by atoms with Crippen LogP contribution >= 0.6 is 0 Å². The molecule has 0 unspecified atom stereocenters. The van der Waals surface area contributed by atoms with E-state index in [1.165, 1.54) is 0 Å². The van der Waals surface area contributed by atoms with E-state index >= 15 is 0 Å². The molecule has 1 fully saturated rings. The number of aliphatic hydroxyl groups is 1. The number of hydrogen-bond acceptors (Lipinski definition) is 3. The quantitative estimate of drug-likeness (QED) is 0.817. The van der Waals surface area contributed by atoms with Gasteiger partial charge in [0.05, 0.1) is 6.10 Å². The molecule has 2 aromatic heterocycles. The molecule has 0 spiro atoms. The van der Waals surface area contributed by atoms with Crippen LogP contribution in [0.3, 0.4) is 0 Å². The maximum Gasteiger partial charge on any atom is 0.155 e. The van der Waals surface area contributed by atoms with Gasteiger partial charge in [-0.2, -0.15) is 5.10 Å². The topological polar surface area (TPSA) is 50.4 Å². The summed E-state index contributed by atoms with van der Waals surface area (Å²) in [6.07, 6.45) is 3.62. The maximum atomic E-state index is 9.51. The second-order valence-corrected chi connectivity index (χ2v) is 4.91. The molecule has 0 amide bonds. The van der Waals surface area contributed by atoms with Gasteiger partial charge in [-0.15, -0.1) is 0 Å². The lowest BCUT2D eigenvalue weighted by Crippen LogP contribution is -2.17. The number of fused-ring (bicyclic) bond motifs is 1. The highest BCUT2D eigenvalue weighted by molar-refractivity contribution is 5.39.